The minimum Gasteiger partial charge on any atom is -0.370 e. The Morgan fingerprint density at radius 2 is 1.92 bits per heavy atom. The van der Waals surface area contributed by atoms with E-state index in [1.807, 2.05) is 12.1 Å². The molecule has 0 radical (unpaired) electrons. The number of anilines is 2. The highest BCUT2D eigenvalue weighted by Gasteiger charge is 2.16. The third-order valence-electron chi connectivity index (χ3n) is 4.41. The van der Waals surface area contributed by atoms with Gasteiger partial charge in [-0.2, -0.15) is 0 Å². The fraction of sp³-hybridized carbons (Fsp3) is 0.368. The average molecular weight is 360 g/mol. The first-order chi connectivity index (χ1) is 12.1. The fourth-order valence-electron chi connectivity index (χ4n) is 3.10. The normalized spacial score (nSPS) is 14.4. The van der Waals surface area contributed by atoms with Gasteiger partial charge in [-0.15, -0.1) is 0 Å². The Hall–Kier alpha value is -2.27. The van der Waals surface area contributed by atoms with Crippen molar-refractivity contribution in [2.45, 2.75) is 32.2 Å². The number of pyridine rings is 1. The van der Waals surface area contributed by atoms with Crippen molar-refractivity contribution in [1.29, 1.82) is 0 Å². The number of halogens is 1. The maximum absolute atomic E-state index is 12.4. The number of amides is 1. The van der Waals surface area contributed by atoms with E-state index in [1.165, 1.54) is 17.1 Å². The minimum atomic E-state index is -0.128. The number of hydrogen-bond donors (Lipinski definition) is 1. The molecule has 0 bridgehead atoms. The largest absolute Gasteiger partial charge is 0.370 e. The lowest BCUT2D eigenvalue weighted by molar-refractivity contribution is -0.116. The van der Waals surface area contributed by atoms with E-state index in [0.717, 1.165) is 37.3 Å². The second kappa shape index (κ2) is 8.21. The van der Waals surface area contributed by atoms with Crippen molar-refractivity contribution < 1.29 is 4.79 Å². The molecule has 2 aromatic rings. The van der Waals surface area contributed by atoms with Crippen LogP contribution in [0.2, 0.25) is 5.02 Å². The first kappa shape index (κ1) is 17.5. The number of carbonyl (C=O) groups excluding carboxylic acids is 1. The maximum atomic E-state index is 12.4. The lowest BCUT2D eigenvalue weighted by atomic mass is 10.1. The van der Waals surface area contributed by atoms with Gasteiger partial charge >= 0.3 is 0 Å². The summed E-state index contributed by atoms with van der Waals surface area (Å²) in [6.07, 6.45) is 5.49. The number of carbonyl (C=O) groups is 1. The Labute approximate surface area is 152 Å². The molecule has 1 amide bonds. The molecule has 5 nitrogen and oxygen atoms in total. The van der Waals surface area contributed by atoms with Crippen LogP contribution in [0.5, 0.6) is 0 Å². The number of nitrogens with one attached hydrogen (secondary N) is 1. The topological polar surface area (TPSA) is 54.3 Å². The van der Waals surface area contributed by atoms with Crippen LogP contribution in [0.3, 0.4) is 0 Å². The molecular formula is C19H22ClN3O2. The quantitative estimate of drug-likeness (QED) is 0.888. The van der Waals surface area contributed by atoms with Crippen molar-refractivity contribution in [2.75, 3.05) is 23.3 Å². The van der Waals surface area contributed by atoms with Crippen LogP contribution in [0.4, 0.5) is 11.4 Å². The van der Waals surface area contributed by atoms with Gasteiger partial charge in [0.2, 0.25) is 5.91 Å². The van der Waals surface area contributed by atoms with Crippen LogP contribution in [-0.4, -0.2) is 23.6 Å². The summed E-state index contributed by atoms with van der Waals surface area (Å²) in [5.41, 5.74) is 1.64. The average Bonchev–Trinajstić information content (AvgIpc) is 2.62. The Morgan fingerprint density at radius 3 is 2.68 bits per heavy atom. The highest BCUT2D eigenvalue weighted by Crippen LogP contribution is 2.31. The molecule has 2 heterocycles. The highest BCUT2D eigenvalue weighted by atomic mass is 35.5. The molecule has 1 saturated heterocycles. The smallest absolute Gasteiger partial charge is 0.250 e. The zero-order chi connectivity index (χ0) is 17.6. The number of benzene rings is 1. The predicted molar refractivity (Wildman–Crippen MR) is 101 cm³/mol. The minimum absolute atomic E-state index is 0.105. The SMILES string of the molecule is O=C(CCn1ccccc1=O)Nc1cc(Cl)ccc1N1CCCCC1. The Kier molecular flexibility index (Phi) is 5.76. The Morgan fingerprint density at radius 1 is 1.12 bits per heavy atom. The summed E-state index contributed by atoms with van der Waals surface area (Å²) in [7, 11) is 0. The van der Waals surface area contributed by atoms with Gasteiger partial charge < -0.3 is 14.8 Å². The van der Waals surface area contributed by atoms with Crippen molar-refractivity contribution in [1.82, 2.24) is 4.57 Å². The molecule has 1 fully saturated rings. The van der Waals surface area contributed by atoms with Gasteiger partial charge in [-0.1, -0.05) is 17.7 Å². The van der Waals surface area contributed by atoms with Crippen LogP contribution in [0.1, 0.15) is 25.7 Å². The first-order valence-electron chi connectivity index (χ1n) is 8.63. The number of nitrogens with zero attached hydrogens (tertiary/aromatic N) is 2. The molecule has 132 valence electrons. The van der Waals surface area contributed by atoms with E-state index in [2.05, 4.69) is 10.2 Å². The van der Waals surface area contributed by atoms with Gasteiger partial charge in [-0.05, 0) is 43.5 Å². The highest BCUT2D eigenvalue weighted by molar-refractivity contribution is 6.31. The third kappa shape index (κ3) is 4.63. The summed E-state index contributed by atoms with van der Waals surface area (Å²) in [6, 6.07) is 10.6. The van der Waals surface area contributed by atoms with E-state index < -0.39 is 0 Å². The van der Waals surface area contributed by atoms with E-state index in [-0.39, 0.29) is 17.9 Å². The molecule has 0 atom stereocenters. The Balaban J connectivity index is 1.69. The van der Waals surface area contributed by atoms with Gasteiger partial charge in [0, 0.05) is 43.3 Å². The van der Waals surface area contributed by atoms with Gasteiger partial charge in [-0.25, -0.2) is 0 Å². The number of hydrogen-bond acceptors (Lipinski definition) is 3. The number of rotatable bonds is 5. The molecule has 0 aliphatic carbocycles. The van der Waals surface area contributed by atoms with E-state index >= 15 is 0 Å². The summed E-state index contributed by atoms with van der Waals surface area (Å²) < 4.78 is 1.53. The Bertz CT molecular complexity index is 797. The molecular weight excluding hydrogens is 338 g/mol. The van der Waals surface area contributed by atoms with E-state index in [0.29, 0.717) is 11.6 Å². The van der Waals surface area contributed by atoms with Crippen LogP contribution in [0.15, 0.2) is 47.4 Å². The van der Waals surface area contributed by atoms with E-state index in [4.69, 9.17) is 11.6 Å². The summed E-state index contributed by atoms with van der Waals surface area (Å²) in [5, 5.41) is 3.55. The van der Waals surface area contributed by atoms with E-state index in [1.54, 1.807) is 24.4 Å². The van der Waals surface area contributed by atoms with Crippen molar-refractivity contribution in [3.63, 3.8) is 0 Å². The van der Waals surface area contributed by atoms with Gasteiger partial charge in [-0.3, -0.25) is 9.59 Å². The summed E-state index contributed by atoms with van der Waals surface area (Å²) in [6.45, 7) is 2.33. The van der Waals surface area contributed by atoms with Gasteiger partial charge in [0.1, 0.15) is 0 Å². The van der Waals surface area contributed by atoms with Gasteiger partial charge in [0.25, 0.3) is 5.56 Å². The van der Waals surface area contributed by atoms with Crippen LogP contribution in [-0.2, 0) is 11.3 Å². The molecule has 1 N–H and O–H groups in total. The zero-order valence-electron chi connectivity index (χ0n) is 14.1. The van der Waals surface area contributed by atoms with Crippen molar-refractivity contribution in [2.24, 2.45) is 0 Å². The fourth-order valence-corrected chi connectivity index (χ4v) is 3.27. The molecule has 25 heavy (non-hydrogen) atoms. The van der Waals surface area contributed by atoms with Crippen LogP contribution >= 0.6 is 11.6 Å². The van der Waals surface area contributed by atoms with Crippen molar-refractivity contribution in [3.05, 3.63) is 58.0 Å². The molecule has 0 unspecified atom stereocenters. The summed E-state index contributed by atoms with van der Waals surface area (Å²) in [4.78, 5) is 26.3. The first-order valence-corrected chi connectivity index (χ1v) is 9.01. The monoisotopic (exact) mass is 359 g/mol. The second-order valence-corrected chi connectivity index (χ2v) is 6.68. The second-order valence-electron chi connectivity index (χ2n) is 6.24. The molecule has 6 heteroatoms. The molecule has 0 spiro atoms. The standard InChI is InChI=1S/C19H22ClN3O2/c20-15-7-8-17(22-10-3-1-4-11-22)16(14-15)21-18(24)9-13-23-12-5-2-6-19(23)25/h2,5-8,12,14H,1,3-4,9-11,13H2,(H,21,24). The summed E-state index contributed by atoms with van der Waals surface area (Å²) >= 11 is 6.12. The van der Waals surface area contributed by atoms with Crippen LogP contribution < -0.4 is 15.8 Å². The number of aryl methyl sites for hydroxylation is 1. The van der Waals surface area contributed by atoms with Crippen LogP contribution in [0.25, 0.3) is 0 Å². The molecule has 1 aromatic heterocycles. The molecule has 1 aliphatic rings. The van der Waals surface area contributed by atoms with E-state index in [9.17, 15) is 9.59 Å². The molecule has 0 saturated carbocycles. The van der Waals surface area contributed by atoms with Crippen molar-refractivity contribution >= 4 is 28.9 Å². The van der Waals surface area contributed by atoms with Crippen LogP contribution in [0, 0.1) is 0 Å². The number of aromatic nitrogens is 1. The lowest BCUT2D eigenvalue weighted by Gasteiger charge is -2.30. The maximum Gasteiger partial charge on any atom is 0.250 e. The van der Waals surface area contributed by atoms with Gasteiger partial charge in [0.15, 0.2) is 0 Å². The van der Waals surface area contributed by atoms with Crippen molar-refractivity contribution in [3.8, 4) is 0 Å². The molecule has 1 aliphatic heterocycles. The lowest BCUT2D eigenvalue weighted by Crippen LogP contribution is -2.30. The molecule has 3 rings (SSSR count). The predicted octanol–water partition coefficient (Wildman–Crippen LogP) is 3.52. The zero-order valence-corrected chi connectivity index (χ0v) is 14.8. The number of piperidine rings is 1. The van der Waals surface area contributed by atoms with Gasteiger partial charge in [0.05, 0.1) is 11.4 Å². The summed E-state index contributed by atoms with van der Waals surface area (Å²) in [5.74, 6) is -0.128. The third-order valence-corrected chi connectivity index (χ3v) is 4.64. The molecule has 1 aromatic carbocycles.